The van der Waals surface area contributed by atoms with Crippen LogP contribution >= 0.6 is 0 Å². The molecule has 0 heterocycles. The van der Waals surface area contributed by atoms with Crippen molar-refractivity contribution in [3.8, 4) is 0 Å². The van der Waals surface area contributed by atoms with Crippen molar-refractivity contribution in [1.82, 2.24) is 5.32 Å². The lowest BCUT2D eigenvalue weighted by molar-refractivity contribution is -0.123. The second-order valence-corrected chi connectivity index (χ2v) is 5.56. The Morgan fingerprint density at radius 3 is 2.42 bits per heavy atom. The number of halogens is 1. The van der Waals surface area contributed by atoms with Crippen LogP contribution in [0, 0.1) is 12.7 Å². The van der Waals surface area contributed by atoms with E-state index in [0.29, 0.717) is 5.56 Å². The molecule has 24 heavy (non-hydrogen) atoms. The second kappa shape index (κ2) is 8.24. The highest BCUT2D eigenvalue weighted by molar-refractivity contribution is 5.96. The van der Waals surface area contributed by atoms with Crippen LogP contribution in [0.1, 0.15) is 23.6 Å². The van der Waals surface area contributed by atoms with Crippen LogP contribution in [-0.4, -0.2) is 18.4 Å². The van der Waals surface area contributed by atoms with Crippen LogP contribution in [0.25, 0.3) is 0 Å². The lowest BCUT2D eigenvalue weighted by Gasteiger charge is -2.13. The molecule has 0 radical (unpaired) electrons. The molecule has 0 aliphatic carbocycles. The van der Waals surface area contributed by atoms with Crippen LogP contribution in [-0.2, 0) is 22.4 Å². The van der Waals surface area contributed by atoms with Gasteiger partial charge in [0.05, 0.1) is 13.0 Å². The highest BCUT2D eigenvalue weighted by atomic mass is 19.1. The van der Waals surface area contributed by atoms with Crippen molar-refractivity contribution in [3.05, 3.63) is 65.0 Å². The third-order valence-electron chi connectivity index (χ3n) is 3.76. The summed E-state index contributed by atoms with van der Waals surface area (Å²) in [6.07, 6.45) is 0.710. The summed E-state index contributed by atoms with van der Waals surface area (Å²) in [6, 6.07) is 11.9. The van der Waals surface area contributed by atoms with Gasteiger partial charge in [-0.25, -0.2) is 4.39 Å². The predicted octanol–water partition coefficient (Wildman–Crippen LogP) is 2.99. The first-order chi connectivity index (χ1) is 11.5. The third-order valence-corrected chi connectivity index (χ3v) is 3.76. The Morgan fingerprint density at radius 1 is 1.00 bits per heavy atom. The predicted molar refractivity (Wildman–Crippen MR) is 92.3 cm³/mol. The Balaban J connectivity index is 1.90. The summed E-state index contributed by atoms with van der Waals surface area (Å²) in [5.41, 5.74) is 3.11. The smallest absolute Gasteiger partial charge is 0.243 e. The summed E-state index contributed by atoms with van der Waals surface area (Å²) in [5.74, 6) is -1.12. The summed E-state index contributed by atoms with van der Waals surface area (Å²) in [7, 11) is 0. The number of hydrogen-bond donors (Lipinski definition) is 2. The van der Waals surface area contributed by atoms with Crippen molar-refractivity contribution in [1.29, 1.82) is 0 Å². The number of carbonyl (C=O) groups is 2. The molecule has 2 N–H and O–H groups in total. The summed E-state index contributed by atoms with van der Waals surface area (Å²) in [4.78, 5) is 23.9. The maximum atomic E-state index is 13.5. The molecule has 2 amide bonds. The molecular weight excluding hydrogens is 307 g/mol. The third kappa shape index (κ3) is 4.65. The topological polar surface area (TPSA) is 58.2 Å². The fourth-order valence-corrected chi connectivity index (χ4v) is 2.44. The van der Waals surface area contributed by atoms with Crippen molar-refractivity contribution in [3.63, 3.8) is 0 Å². The molecule has 0 fully saturated rings. The van der Waals surface area contributed by atoms with Crippen molar-refractivity contribution >= 4 is 17.5 Å². The summed E-state index contributed by atoms with van der Waals surface area (Å²) in [6.45, 7) is 3.79. The molecule has 0 bridgehead atoms. The van der Waals surface area contributed by atoms with Gasteiger partial charge in [-0.05, 0) is 36.1 Å². The Labute approximate surface area is 141 Å². The molecule has 2 rings (SSSR count). The molecule has 0 saturated heterocycles. The van der Waals surface area contributed by atoms with Crippen molar-refractivity contribution in [2.45, 2.75) is 26.7 Å². The van der Waals surface area contributed by atoms with Gasteiger partial charge in [-0.2, -0.15) is 0 Å². The SMILES string of the molecule is CCc1cccc(C)c1NC(=O)CNC(=O)Cc1ccccc1F. The van der Waals surface area contributed by atoms with Crippen LogP contribution in [0.2, 0.25) is 0 Å². The molecular formula is C19H21FN2O2. The zero-order chi connectivity index (χ0) is 17.5. The van der Waals surface area contributed by atoms with E-state index in [-0.39, 0.29) is 18.9 Å². The molecule has 126 valence electrons. The number of amides is 2. The maximum Gasteiger partial charge on any atom is 0.243 e. The largest absolute Gasteiger partial charge is 0.347 e. The minimum Gasteiger partial charge on any atom is -0.347 e. The molecule has 0 saturated carbocycles. The number of benzene rings is 2. The molecule has 0 atom stereocenters. The standard InChI is InChI=1S/C19H21FN2O2/c1-3-14-9-6-7-13(2)19(14)22-18(24)12-21-17(23)11-15-8-4-5-10-16(15)20/h4-10H,3,11-12H2,1-2H3,(H,21,23)(H,22,24). The Hall–Kier alpha value is -2.69. The molecule has 2 aromatic rings. The van der Waals surface area contributed by atoms with Crippen LogP contribution in [0.15, 0.2) is 42.5 Å². The number of aryl methyl sites for hydroxylation is 2. The number of para-hydroxylation sites is 1. The summed E-state index contributed by atoms with van der Waals surface area (Å²) < 4.78 is 13.5. The van der Waals surface area contributed by atoms with Gasteiger partial charge < -0.3 is 10.6 Å². The Morgan fingerprint density at radius 2 is 1.71 bits per heavy atom. The number of anilines is 1. The Kier molecular flexibility index (Phi) is 6.07. The van der Waals surface area contributed by atoms with E-state index in [9.17, 15) is 14.0 Å². The van der Waals surface area contributed by atoms with Gasteiger partial charge in [0.2, 0.25) is 11.8 Å². The maximum absolute atomic E-state index is 13.5. The van der Waals surface area contributed by atoms with Crippen molar-refractivity contribution < 1.29 is 14.0 Å². The molecule has 0 spiro atoms. The zero-order valence-electron chi connectivity index (χ0n) is 13.9. The minimum atomic E-state index is -0.426. The minimum absolute atomic E-state index is 0.0927. The van der Waals surface area contributed by atoms with E-state index in [1.807, 2.05) is 32.0 Å². The number of carbonyl (C=O) groups excluding carboxylic acids is 2. The van der Waals surface area contributed by atoms with Gasteiger partial charge in [0.1, 0.15) is 5.82 Å². The molecule has 0 unspecified atom stereocenters. The highest BCUT2D eigenvalue weighted by Gasteiger charge is 2.11. The lowest BCUT2D eigenvalue weighted by Crippen LogP contribution is -2.34. The van der Waals surface area contributed by atoms with E-state index >= 15 is 0 Å². The van der Waals surface area contributed by atoms with Crippen LogP contribution in [0.5, 0.6) is 0 Å². The van der Waals surface area contributed by atoms with Gasteiger partial charge in [0, 0.05) is 5.69 Å². The van der Waals surface area contributed by atoms with E-state index in [4.69, 9.17) is 0 Å². The van der Waals surface area contributed by atoms with E-state index in [1.165, 1.54) is 6.07 Å². The van der Waals surface area contributed by atoms with E-state index in [0.717, 1.165) is 23.2 Å². The van der Waals surface area contributed by atoms with Gasteiger partial charge in [-0.15, -0.1) is 0 Å². The monoisotopic (exact) mass is 328 g/mol. The quantitative estimate of drug-likeness (QED) is 0.856. The first-order valence-corrected chi connectivity index (χ1v) is 7.89. The second-order valence-electron chi connectivity index (χ2n) is 5.56. The lowest BCUT2D eigenvalue weighted by atomic mass is 10.1. The number of rotatable bonds is 6. The van der Waals surface area contributed by atoms with Crippen LogP contribution in [0.4, 0.5) is 10.1 Å². The number of hydrogen-bond acceptors (Lipinski definition) is 2. The zero-order valence-corrected chi connectivity index (χ0v) is 13.9. The first-order valence-electron chi connectivity index (χ1n) is 7.89. The fraction of sp³-hybridized carbons (Fsp3) is 0.263. The van der Waals surface area contributed by atoms with Gasteiger partial charge in [0.15, 0.2) is 0 Å². The van der Waals surface area contributed by atoms with E-state index in [2.05, 4.69) is 10.6 Å². The van der Waals surface area contributed by atoms with Crippen LogP contribution in [0.3, 0.4) is 0 Å². The Bertz CT molecular complexity index is 744. The normalized spacial score (nSPS) is 10.3. The van der Waals surface area contributed by atoms with Gasteiger partial charge >= 0.3 is 0 Å². The van der Waals surface area contributed by atoms with Gasteiger partial charge in [-0.1, -0.05) is 43.3 Å². The molecule has 0 aromatic heterocycles. The molecule has 0 aliphatic rings. The van der Waals surface area contributed by atoms with Crippen LogP contribution < -0.4 is 10.6 Å². The average molecular weight is 328 g/mol. The van der Waals surface area contributed by atoms with Crippen molar-refractivity contribution in [2.24, 2.45) is 0 Å². The average Bonchev–Trinajstić information content (AvgIpc) is 2.57. The molecule has 4 nitrogen and oxygen atoms in total. The number of nitrogens with one attached hydrogen (secondary N) is 2. The van der Waals surface area contributed by atoms with Gasteiger partial charge in [-0.3, -0.25) is 9.59 Å². The van der Waals surface area contributed by atoms with E-state index < -0.39 is 11.7 Å². The molecule has 0 aliphatic heterocycles. The summed E-state index contributed by atoms with van der Waals surface area (Å²) in [5, 5.41) is 5.35. The fourth-order valence-electron chi connectivity index (χ4n) is 2.44. The highest BCUT2D eigenvalue weighted by Crippen LogP contribution is 2.20. The van der Waals surface area contributed by atoms with Gasteiger partial charge in [0.25, 0.3) is 0 Å². The summed E-state index contributed by atoms with van der Waals surface area (Å²) >= 11 is 0. The molecule has 5 heteroatoms. The van der Waals surface area contributed by atoms with Crippen molar-refractivity contribution in [2.75, 3.05) is 11.9 Å². The molecule has 2 aromatic carbocycles. The van der Waals surface area contributed by atoms with E-state index in [1.54, 1.807) is 18.2 Å². The first kappa shape index (κ1) is 17.7.